The molecule has 1 amide bonds. The van der Waals surface area contributed by atoms with Crippen molar-refractivity contribution in [3.05, 3.63) is 62.8 Å². The normalized spacial score (nSPS) is 11.0. The third kappa shape index (κ3) is 3.28. The molecule has 26 heavy (non-hydrogen) atoms. The smallest absolute Gasteiger partial charge is 0.332 e. The van der Waals surface area contributed by atoms with Gasteiger partial charge in [0.15, 0.2) is 11.2 Å². The number of imidazole rings is 1. The molecule has 3 aromatic rings. The maximum Gasteiger partial charge on any atom is 0.332 e. The van der Waals surface area contributed by atoms with Crippen molar-refractivity contribution in [2.45, 2.75) is 19.5 Å². The first-order valence-electron chi connectivity index (χ1n) is 8.00. The highest BCUT2D eigenvalue weighted by Crippen LogP contribution is 2.06. The lowest BCUT2D eigenvalue weighted by molar-refractivity contribution is -0.121. The first kappa shape index (κ1) is 17.6. The van der Waals surface area contributed by atoms with Crippen LogP contribution in [-0.4, -0.2) is 24.6 Å². The topological polar surface area (TPSA) is 90.9 Å². The van der Waals surface area contributed by atoms with Gasteiger partial charge < -0.3 is 9.88 Å². The van der Waals surface area contributed by atoms with Gasteiger partial charge in [0.2, 0.25) is 5.91 Å². The maximum absolute atomic E-state index is 12.9. The van der Waals surface area contributed by atoms with Gasteiger partial charge in [-0.3, -0.25) is 18.7 Å². The quantitative estimate of drug-likeness (QED) is 0.708. The fourth-order valence-electron chi connectivity index (χ4n) is 2.68. The number of benzene rings is 1. The predicted octanol–water partition coefficient (Wildman–Crippen LogP) is 0.279. The van der Waals surface area contributed by atoms with Gasteiger partial charge in [0.05, 0.1) is 6.33 Å². The summed E-state index contributed by atoms with van der Waals surface area (Å²) >= 11 is 0. The molecule has 0 aliphatic carbocycles. The first-order valence-corrected chi connectivity index (χ1v) is 8.00. The fraction of sp³-hybridized carbons (Fsp3) is 0.294. The molecule has 1 N–H and O–H groups in total. The molecule has 3 rings (SSSR count). The van der Waals surface area contributed by atoms with Crippen LogP contribution >= 0.6 is 0 Å². The fourth-order valence-corrected chi connectivity index (χ4v) is 2.68. The van der Waals surface area contributed by atoms with Gasteiger partial charge in [0.25, 0.3) is 5.56 Å². The summed E-state index contributed by atoms with van der Waals surface area (Å²) in [5, 5.41) is 2.74. The van der Waals surface area contributed by atoms with E-state index >= 15 is 0 Å². The number of rotatable bonds is 5. The third-order valence-corrected chi connectivity index (χ3v) is 4.20. The van der Waals surface area contributed by atoms with Crippen molar-refractivity contribution in [3.63, 3.8) is 0 Å². The molecule has 0 saturated heterocycles. The van der Waals surface area contributed by atoms with Gasteiger partial charge in [-0.15, -0.1) is 0 Å². The molecular formula is C17H18FN5O3. The number of aromatic nitrogens is 4. The van der Waals surface area contributed by atoms with E-state index in [2.05, 4.69) is 10.3 Å². The Balaban J connectivity index is 1.70. The highest BCUT2D eigenvalue weighted by atomic mass is 19.1. The monoisotopic (exact) mass is 359 g/mol. The lowest BCUT2D eigenvalue weighted by Gasteiger charge is -2.08. The summed E-state index contributed by atoms with van der Waals surface area (Å²) in [5.41, 5.74) is 0.444. The second-order valence-electron chi connectivity index (χ2n) is 5.97. The molecule has 0 radical (unpaired) electrons. The lowest BCUT2D eigenvalue weighted by atomic mass is 10.2. The Labute approximate surface area is 147 Å². The van der Waals surface area contributed by atoms with Crippen molar-refractivity contribution in [1.82, 2.24) is 24.0 Å². The zero-order valence-corrected chi connectivity index (χ0v) is 14.4. The van der Waals surface area contributed by atoms with Gasteiger partial charge in [-0.1, -0.05) is 12.1 Å². The van der Waals surface area contributed by atoms with Crippen LogP contribution < -0.4 is 16.6 Å². The number of carbonyl (C=O) groups is 1. The minimum atomic E-state index is -0.454. The molecule has 2 heterocycles. The molecule has 9 heteroatoms. The minimum absolute atomic E-state index is 0.138. The van der Waals surface area contributed by atoms with E-state index in [4.69, 9.17) is 0 Å². The summed E-state index contributed by atoms with van der Waals surface area (Å²) < 4.78 is 16.7. The molecule has 0 aliphatic rings. The van der Waals surface area contributed by atoms with Gasteiger partial charge in [0.1, 0.15) is 5.82 Å². The van der Waals surface area contributed by atoms with Crippen molar-refractivity contribution in [1.29, 1.82) is 0 Å². The van der Waals surface area contributed by atoms with Crippen LogP contribution in [0.5, 0.6) is 0 Å². The van der Waals surface area contributed by atoms with E-state index in [1.54, 1.807) is 16.7 Å². The van der Waals surface area contributed by atoms with E-state index in [1.807, 2.05) is 0 Å². The third-order valence-electron chi connectivity index (χ3n) is 4.20. The van der Waals surface area contributed by atoms with Crippen molar-refractivity contribution in [3.8, 4) is 0 Å². The van der Waals surface area contributed by atoms with Crippen LogP contribution in [0.25, 0.3) is 11.2 Å². The number of carbonyl (C=O) groups excluding carboxylic acids is 1. The van der Waals surface area contributed by atoms with Gasteiger partial charge in [-0.2, -0.15) is 0 Å². The van der Waals surface area contributed by atoms with Crippen LogP contribution in [0, 0.1) is 5.82 Å². The van der Waals surface area contributed by atoms with E-state index in [0.717, 1.165) is 10.1 Å². The number of amides is 1. The minimum Gasteiger partial charge on any atom is -0.352 e. The number of fused-ring (bicyclic) bond motifs is 1. The molecule has 0 atom stereocenters. The van der Waals surface area contributed by atoms with Crippen LogP contribution in [0.3, 0.4) is 0 Å². The second kappa shape index (κ2) is 6.95. The standard InChI is InChI=1S/C17H18FN5O3/c1-21-15-14(16(25)22(2)17(21)26)23(10-20-15)8-7-13(24)19-9-11-3-5-12(18)6-4-11/h3-6,10H,7-9H2,1-2H3,(H,19,24). The summed E-state index contributed by atoms with van der Waals surface area (Å²) in [6.45, 7) is 0.541. The summed E-state index contributed by atoms with van der Waals surface area (Å²) in [5.74, 6) is -0.541. The second-order valence-corrected chi connectivity index (χ2v) is 5.97. The Morgan fingerprint density at radius 1 is 1.15 bits per heavy atom. The Kier molecular flexibility index (Phi) is 4.70. The van der Waals surface area contributed by atoms with Crippen molar-refractivity contribution < 1.29 is 9.18 Å². The van der Waals surface area contributed by atoms with Crippen molar-refractivity contribution >= 4 is 17.1 Å². The summed E-state index contributed by atoms with van der Waals surface area (Å²) in [7, 11) is 2.94. The summed E-state index contributed by atoms with van der Waals surface area (Å²) in [4.78, 5) is 40.4. The average molecular weight is 359 g/mol. The highest BCUT2D eigenvalue weighted by Gasteiger charge is 2.14. The van der Waals surface area contributed by atoms with Crippen LogP contribution in [0.2, 0.25) is 0 Å². The van der Waals surface area contributed by atoms with Crippen LogP contribution in [0.4, 0.5) is 4.39 Å². The van der Waals surface area contributed by atoms with E-state index in [-0.39, 0.29) is 35.9 Å². The molecule has 136 valence electrons. The van der Waals surface area contributed by atoms with Crippen LogP contribution in [0.1, 0.15) is 12.0 Å². The van der Waals surface area contributed by atoms with E-state index in [9.17, 15) is 18.8 Å². The number of halogens is 1. The molecule has 0 unspecified atom stereocenters. The molecule has 0 aliphatic heterocycles. The molecule has 0 fully saturated rings. The number of nitrogens with one attached hydrogen (secondary N) is 1. The Morgan fingerprint density at radius 3 is 2.54 bits per heavy atom. The van der Waals surface area contributed by atoms with E-state index in [1.165, 1.54) is 37.1 Å². The Morgan fingerprint density at radius 2 is 1.85 bits per heavy atom. The molecular weight excluding hydrogens is 341 g/mol. The van der Waals surface area contributed by atoms with E-state index < -0.39 is 11.2 Å². The van der Waals surface area contributed by atoms with Gasteiger partial charge in [-0.25, -0.2) is 14.2 Å². The Hall–Kier alpha value is -3.23. The number of hydrogen-bond donors (Lipinski definition) is 1. The SMILES string of the molecule is Cn1c(=O)c2c(ncn2CCC(=O)NCc2ccc(F)cc2)n(C)c1=O. The van der Waals surface area contributed by atoms with Crippen molar-refractivity contribution in [2.24, 2.45) is 14.1 Å². The van der Waals surface area contributed by atoms with Crippen LogP contribution in [0.15, 0.2) is 40.2 Å². The number of nitrogens with zero attached hydrogens (tertiary/aromatic N) is 4. The first-order chi connectivity index (χ1) is 12.4. The number of aryl methyl sites for hydroxylation is 2. The zero-order valence-electron chi connectivity index (χ0n) is 14.4. The molecule has 0 spiro atoms. The predicted molar refractivity (Wildman–Crippen MR) is 93.1 cm³/mol. The summed E-state index contributed by atoms with van der Waals surface area (Å²) in [6.07, 6.45) is 1.58. The number of hydrogen-bond acceptors (Lipinski definition) is 4. The van der Waals surface area contributed by atoms with Crippen LogP contribution in [-0.2, 0) is 32.0 Å². The maximum atomic E-state index is 12.9. The van der Waals surface area contributed by atoms with Gasteiger partial charge >= 0.3 is 5.69 Å². The zero-order chi connectivity index (χ0) is 18.8. The molecule has 0 bridgehead atoms. The average Bonchev–Trinajstić information content (AvgIpc) is 3.06. The van der Waals surface area contributed by atoms with Crippen molar-refractivity contribution in [2.75, 3.05) is 0 Å². The highest BCUT2D eigenvalue weighted by molar-refractivity contribution is 5.76. The van der Waals surface area contributed by atoms with E-state index in [0.29, 0.717) is 6.54 Å². The summed E-state index contributed by atoms with van der Waals surface area (Å²) in [6, 6.07) is 5.87. The molecule has 0 saturated carbocycles. The molecule has 1 aromatic carbocycles. The Bertz CT molecular complexity index is 1080. The lowest BCUT2D eigenvalue weighted by Crippen LogP contribution is -2.37. The van der Waals surface area contributed by atoms with Gasteiger partial charge in [0, 0.05) is 33.6 Å². The molecule has 2 aromatic heterocycles. The largest absolute Gasteiger partial charge is 0.352 e. The molecule has 8 nitrogen and oxygen atoms in total. The van der Waals surface area contributed by atoms with Gasteiger partial charge in [-0.05, 0) is 17.7 Å².